The van der Waals surface area contributed by atoms with Gasteiger partial charge in [0, 0.05) is 0 Å². The summed E-state index contributed by atoms with van der Waals surface area (Å²) < 4.78 is 0.0881. The Morgan fingerprint density at radius 3 is 2.00 bits per heavy atom. The second-order valence-corrected chi connectivity index (χ2v) is 5.82. The minimum atomic E-state index is 0.0881. The Morgan fingerprint density at radius 2 is 2.00 bits per heavy atom. The Morgan fingerprint density at radius 1 is 2.00 bits per heavy atom. The van der Waals surface area contributed by atoms with E-state index in [9.17, 15) is 0 Å². The van der Waals surface area contributed by atoms with Crippen molar-refractivity contribution in [1.82, 2.24) is 0 Å². The zero-order valence-electron chi connectivity index (χ0n) is 1.71. The predicted molar refractivity (Wildman–Crippen MR) is 34.6 cm³/mol. The second kappa shape index (κ2) is 2.78. The van der Waals surface area contributed by atoms with Crippen LogP contribution in [0.15, 0.2) is 0 Å². The van der Waals surface area contributed by atoms with E-state index >= 15 is 0 Å². The van der Waals surface area contributed by atoms with Crippen LogP contribution >= 0.6 is 49.6 Å². The Bertz CT molecular complexity index is 12.8. The van der Waals surface area contributed by atoms with Crippen molar-refractivity contribution >= 4 is 52.4 Å². The van der Waals surface area contributed by atoms with Crippen molar-refractivity contribution in [2.24, 2.45) is 0 Å². The van der Waals surface area contributed by atoms with E-state index in [1.807, 2.05) is 22.4 Å². The van der Waals surface area contributed by atoms with Gasteiger partial charge in [-0.15, -0.1) is 38.1 Å². The molecular formula is BBrClI. The van der Waals surface area contributed by atoms with Crippen molar-refractivity contribution in [2.45, 2.75) is 0 Å². The van der Waals surface area contributed by atoms with E-state index in [0.717, 1.165) is 0 Å². The van der Waals surface area contributed by atoms with E-state index in [2.05, 4.69) is 15.8 Å². The molecule has 0 aromatic heterocycles. The van der Waals surface area contributed by atoms with Crippen LogP contribution in [0.4, 0.5) is 0 Å². The van der Waals surface area contributed by atoms with Crippen LogP contribution in [0.3, 0.4) is 0 Å². The minimum Gasteiger partial charge on any atom is -0.163 e. The van der Waals surface area contributed by atoms with Gasteiger partial charge in [0.05, 0.1) is 0 Å². The highest BCUT2D eigenvalue weighted by Gasteiger charge is 1.88. The summed E-state index contributed by atoms with van der Waals surface area (Å²) in [5, 5.41) is 0. The summed E-state index contributed by atoms with van der Waals surface area (Å²) >= 11 is 10.2. The first-order chi connectivity index (χ1) is 1.73. The largest absolute Gasteiger partial charge is 0.391 e. The fourth-order valence-electron chi connectivity index (χ4n) is 0. The molecule has 0 rings (SSSR count). The van der Waals surface area contributed by atoms with Gasteiger partial charge in [-0.25, -0.2) is 0 Å². The fraction of sp³-hybridized carbons (Fsp3) is 0. The minimum absolute atomic E-state index is 0.0881. The summed E-state index contributed by atoms with van der Waals surface area (Å²) in [5.74, 6) is 0. The quantitative estimate of drug-likeness (QED) is 0.458. The molecule has 0 saturated carbocycles. The van der Waals surface area contributed by atoms with Gasteiger partial charge in [-0.05, 0) is 0 Å². The van der Waals surface area contributed by atoms with Crippen LogP contribution in [-0.2, 0) is 0 Å². The summed E-state index contributed by atoms with van der Waals surface area (Å²) in [5.41, 5.74) is 0. The van der Waals surface area contributed by atoms with Gasteiger partial charge < -0.3 is 0 Å². The second-order valence-electron chi connectivity index (χ2n) is 0.247. The normalized spacial score (nSPS) is 6.75. The molecular weight excluding hydrogens is 253 g/mol. The van der Waals surface area contributed by atoms with Gasteiger partial charge >= 0.3 is 2.81 Å². The average Bonchev–Trinajstić information content (AvgIpc) is 0.811. The van der Waals surface area contributed by atoms with Crippen LogP contribution in [-0.4, -0.2) is 2.81 Å². The molecule has 0 aliphatic carbocycles. The Kier molecular flexibility index (Phi) is 3.87. The number of halogens is 3. The maximum atomic E-state index is 5.18. The predicted octanol–water partition coefficient (Wildman–Crippen LogP) is 2.04. The van der Waals surface area contributed by atoms with E-state index in [-0.39, 0.29) is 2.81 Å². The van der Waals surface area contributed by atoms with E-state index in [0.29, 0.717) is 0 Å². The lowest BCUT2D eigenvalue weighted by Gasteiger charge is -1.62. The molecule has 0 atom stereocenters. The molecule has 0 spiro atoms. The smallest absolute Gasteiger partial charge is 0.163 e. The number of hydrogen-bond donors (Lipinski definition) is 0. The molecule has 0 saturated heterocycles. The molecule has 0 N–H and O–H groups in total. The third-order valence-corrected chi connectivity index (χ3v) is 0. The van der Waals surface area contributed by atoms with Crippen molar-refractivity contribution in [1.29, 1.82) is 0 Å². The van der Waals surface area contributed by atoms with Crippen LogP contribution in [0.1, 0.15) is 0 Å². The summed E-state index contributed by atoms with van der Waals surface area (Å²) in [4.78, 5) is 0. The number of hydrogen-bond acceptors (Lipinski definition) is 0. The van der Waals surface area contributed by atoms with Crippen LogP contribution in [0.25, 0.3) is 0 Å². The zero-order valence-corrected chi connectivity index (χ0v) is 6.21. The van der Waals surface area contributed by atoms with E-state index in [4.69, 9.17) is 11.5 Å². The molecule has 0 aliphatic rings. The Hall–Kier alpha value is 1.56. The van der Waals surface area contributed by atoms with Crippen molar-refractivity contribution in [3.05, 3.63) is 0 Å². The molecule has 0 aromatic rings. The standard InChI is InChI=1S/BBrClI/c2-1(3)4/i1+0. The lowest BCUT2D eigenvalue weighted by Crippen LogP contribution is -1.62. The highest BCUT2D eigenvalue weighted by atomic mass is 127. The van der Waals surface area contributed by atoms with Gasteiger partial charge in [0.1, 0.15) is 0 Å². The van der Waals surface area contributed by atoms with Crippen molar-refractivity contribution in [2.75, 3.05) is 0 Å². The molecule has 0 aromatic carbocycles. The SMILES string of the molecule is Cl[11B](Br)I. The molecule has 4 heteroatoms. The summed E-state index contributed by atoms with van der Waals surface area (Å²) in [6, 6.07) is 0. The fourth-order valence-corrected chi connectivity index (χ4v) is 0. The monoisotopic (exact) mass is 252 g/mol. The van der Waals surface area contributed by atoms with Gasteiger partial charge in [-0.3, -0.25) is 0 Å². The van der Waals surface area contributed by atoms with Crippen LogP contribution < -0.4 is 0 Å². The van der Waals surface area contributed by atoms with Gasteiger partial charge in [0.25, 0.3) is 0 Å². The first-order valence-corrected chi connectivity index (χ1v) is 3.25. The lowest BCUT2D eigenvalue weighted by atomic mass is 10.9. The summed E-state index contributed by atoms with van der Waals surface area (Å²) in [6.45, 7) is 0. The highest BCUT2D eigenvalue weighted by Crippen LogP contribution is 2.05. The molecule has 0 unspecified atom stereocenters. The molecule has 0 radical (unpaired) electrons. The molecule has 0 bridgehead atoms. The molecule has 4 heavy (non-hydrogen) atoms. The maximum absolute atomic E-state index is 5.18. The van der Waals surface area contributed by atoms with Gasteiger partial charge in [0.2, 0.25) is 0 Å². The summed E-state index contributed by atoms with van der Waals surface area (Å²) in [7, 11) is 0. The first-order valence-electron chi connectivity index (χ1n) is 0.655. The third-order valence-electron chi connectivity index (χ3n) is 0. The Balaban J connectivity index is 2.32. The third kappa shape index (κ3) is 9.58. The molecule has 0 heterocycles. The molecule has 0 amide bonds. The van der Waals surface area contributed by atoms with Crippen LogP contribution in [0.2, 0.25) is 0 Å². The van der Waals surface area contributed by atoms with Gasteiger partial charge in [-0.1, -0.05) is 0 Å². The number of rotatable bonds is 0. The maximum Gasteiger partial charge on any atom is 0.391 e. The molecule has 0 fully saturated rings. The lowest BCUT2D eigenvalue weighted by molar-refractivity contribution is 4.61. The van der Waals surface area contributed by atoms with Crippen molar-refractivity contribution < 1.29 is 0 Å². The van der Waals surface area contributed by atoms with Crippen LogP contribution in [0, 0.1) is 0 Å². The van der Waals surface area contributed by atoms with E-state index in [1.54, 1.807) is 0 Å². The van der Waals surface area contributed by atoms with Crippen molar-refractivity contribution in [3.8, 4) is 0 Å². The zero-order chi connectivity index (χ0) is 3.58. The molecule has 24 valence electrons. The van der Waals surface area contributed by atoms with Gasteiger partial charge in [0.15, 0.2) is 0 Å². The van der Waals surface area contributed by atoms with Crippen molar-refractivity contribution in [3.63, 3.8) is 0 Å². The molecule has 0 aliphatic heterocycles. The van der Waals surface area contributed by atoms with E-state index < -0.39 is 0 Å². The average molecular weight is 253 g/mol. The van der Waals surface area contributed by atoms with Gasteiger partial charge in [-0.2, -0.15) is 11.5 Å². The topological polar surface area (TPSA) is 0 Å². The van der Waals surface area contributed by atoms with Crippen LogP contribution in [0.5, 0.6) is 0 Å². The first kappa shape index (κ1) is 5.56. The van der Waals surface area contributed by atoms with E-state index in [1.165, 1.54) is 0 Å². The Labute approximate surface area is 52.1 Å². The summed E-state index contributed by atoms with van der Waals surface area (Å²) in [6.07, 6.45) is 0. The highest BCUT2D eigenvalue weighted by molar-refractivity contribution is 14.1. The molecule has 0 nitrogen and oxygen atoms in total.